The molecule has 0 unspecified atom stereocenters. The molecule has 0 saturated heterocycles. The van der Waals surface area contributed by atoms with Crippen LogP contribution < -0.4 is 0 Å². The third kappa shape index (κ3) is 9.51. The van der Waals surface area contributed by atoms with Crippen molar-refractivity contribution in [1.29, 1.82) is 0 Å². The molecule has 0 N–H and O–H groups in total. The van der Waals surface area contributed by atoms with Crippen LogP contribution >= 0.6 is 0 Å². The molecular formula is C11H22O2Si. The van der Waals surface area contributed by atoms with Crippen LogP contribution in [-0.4, -0.2) is 20.7 Å². The van der Waals surface area contributed by atoms with Gasteiger partial charge in [-0.2, -0.15) is 0 Å². The number of allylic oxidation sites excluding steroid dienone is 1. The smallest absolute Gasteiger partial charge is 0.305 e. The first-order valence-electron chi connectivity index (χ1n) is 5.29. The van der Waals surface area contributed by atoms with Crippen LogP contribution in [0.2, 0.25) is 19.6 Å². The normalized spacial score (nSPS) is 12.0. The molecule has 0 amide bonds. The van der Waals surface area contributed by atoms with Crippen LogP contribution in [0.4, 0.5) is 0 Å². The second-order valence-corrected chi connectivity index (χ2v) is 9.53. The van der Waals surface area contributed by atoms with Crippen molar-refractivity contribution in [2.24, 2.45) is 0 Å². The van der Waals surface area contributed by atoms with Crippen LogP contribution in [0.5, 0.6) is 0 Å². The van der Waals surface area contributed by atoms with Crippen molar-refractivity contribution in [3.8, 4) is 0 Å². The van der Waals surface area contributed by atoms with E-state index in [4.69, 9.17) is 4.74 Å². The quantitative estimate of drug-likeness (QED) is 0.386. The lowest BCUT2D eigenvalue weighted by molar-refractivity contribution is -0.143. The predicted octanol–water partition coefficient (Wildman–Crippen LogP) is 3.15. The summed E-state index contributed by atoms with van der Waals surface area (Å²) in [7, 11) is -1.05. The summed E-state index contributed by atoms with van der Waals surface area (Å²) in [5.41, 5.74) is 2.32. The molecule has 3 heteroatoms. The van der Waals surface area contributed by atoms with E-state index in [1.54, 1.807) is 0 Å². The van der Waals surface area contributed by atoms with Gasteiger partial charge in [0.15, 0.2) is 0 Å². The fourth-order valence-corrected chi connectivity index (χ4v) is 1.91. The third-order valence-corrected chi connectivity index (χ3v) is 2.91. The van der Waals surface area contributed by atoms with Gasteiger partial charge in [0, 0.05) is 6.42 Å². The van der Waals surface area contributed by atoms with Gasteiger partial charge in [-0.25, -0.2) is 0 Å². The summed E-state index contributed by atoms with van der Waals surface area (Å²) < 4.78 is 4.84. The Balaban J connectivity index is 3.47. The van der Waals surface area contributed by atoms with Gasteiger partial charge in [-0.3, -0.25) is 4.79 Å². The Morgan fingerprint density at radius 3 is 2.50 bits per heavy atom. The Kier molecular flexibility index (Phi) is 6.54. The van der Waals surface area contributed by atoms with E-state index in [0.717, 1.165) is 12.8 Å². The largest absolute Gasteiger partial charge is 0.466 e. The Bertz CT molecular complexity index is 192. The molecule has 0 rings (SSSR count). The summed E-state index contributed by atoms with van der Waals surface area (Å²) in [6.07, 6.45) is 4.64. The van der Waals surface area contributed by atoms with Crippen molar-refractivity contribution < 1.29 is 9.53 Å². The number of unbranched alkanes of at least 4 members (excludes halogenated alkanes) is 1. The zero-order valence-corrected chi connectivity index (χ0v) is 10.8. The summed E-state index contributed by atoms with van der Waals surface area (Å²) in [5.74, 6) is -0.0751. The standard InChI is InChI=1S/C11H22O2Si/c1-5-13-11(12)9-7-6-8-10-14(2,3)4/h8,10H,5-7,9H2,1-4H3/b10-8+. The van der Waals surface area contributed by atoms with Gasteiger partial charge in [-0.15, -0.1) is 0 Å². The molecule has 82 valence electrons. The molecular weight excluding hydrogens is 192 g/mol. The highest BCUT2D eigenvalue weighted by molar-refractivity contribution is 6.80. The minimum atomic E-state index is -1.05. The van der Waals surface area contributed by atoms with Gasteiger partial charge in [0.1, 0.15) is 0 Å². The van der Waals surface area contributed by atoms with Crippen molar-refractivity contribution in [2.75, 3.05) is 6.61 Å². The lowest BCUT2D eigenvalue weighted by atomic mass is 10.2. The molecule has 0 aliphatic rings. The first-order valence-corrected chi connectivity index (χ1v) is 8.87. The minimum Gasteiger partial charge on any atom is -0.466 e. The predicted molar refractivity (Wildman–Crippen MR) is 63.0 cm³/mol. The monoisotopic (exact) mass is 214 g/mol. The topological polar surface area (TPSA) is 26.3 Å². The summed E-state index contributed by atoms with van der Waals surface area (Å²) in [4.78, 5) is 11.0. The highest BCUT2D eigenvalue weighted by atomic mass is 28.3. The maximum atomic E-state index is 11.0. The van der Waals surface area contributed by atoms with E-state index in [1.165, 1.54) is 0 Å². The second-order valence-electron chi connectivity index (χ2n) is 4.47. The van der Waals surface area contributed by atoms with E-state index in [2.05, 4.69) is 31.4 Å². The van der Waals surface area contributed by atoms with E-state index in [-0.39, 0.29) is 5.97 Å². The molecule has 0 aromatic heterocycles. The van der Waals surface area contributed by atoms with Crippen LogP contribution in [-0.2, 0) is 9.53 Å². The van der Waals surface area contributed by atoms with Gasteiger partial charge < -0.3 is 4.74 Å². The molecule has 0 fully saturated rings. The maximum Gasteiger partial charge on any atom is 0.305 e. The highest BCUT2D eigenvalue weighted by Crippen LogP contribution is 2.05. The molecule has 0 heterocycles. The van der Waals surface area contributed by atoms with Crippen LogP contribution in [0.3, 0.4) is 0 Å². The van der Waals surface area contributed by atoms with Crippen LogP contribution in [0.15, 0.2) is 11.8 Å². The number of hydrogen-bond donors (Lipinski definition) is 0. The van der Waals surface area contributed by atoms with E-state index < -0.39 is 8.07 Å². The van der Waals surface area contributed by atoms with Gasteiger partial charge in [0.05, 0.1) is 14.7 Å². The number of esters is 1. The Labute approximate surface area is 88.4 Å². The van der Waals surface area contributed by atoms with Gasteiger partial charge in [-0.05, 0) is 19.8 Å². The number of carbonyl (C=O) groups excluding carboxylic acids is 1. The summed E-state index contributed by atoms with van der Waals surface area (Å²) in [6, 6.07) is 0. The van der Waals surface area contributed by atoms with Gasteiger partial charge in [0.25, 0.3) is 0 Å². The number of carbonyl (C=O) groups is 1. The van der Waals surface area contributed by atoms with Crippen molar-refractivity contribution >= 4 is 14.0 Å². The first kappa shape index (κ1) is 13.4. The molecule has 0 spiro atoms. The maximum absolute atomic E-state index is 11.0. The zero-order chi connectivity index (χ0) is 11.0. The highest BCUT2D eigenvalue weighted by Gasteiger charge is 2.06. The third-order valence-electron chi connectivity index (χ3n) is 1.67. The molecule has 0 aromatic carbocycles. The van der Waals surface area contributed by atoms with E-state index in [1.807, 2.05) is 6.92 Å². The van der Waals surface area contributed by atoms with Crippen LogP contribution in [0, 0.1) is 0 Å². The summed E-state index contributed by atoms with van der Waals surface area (Å²) in [6.45, 7) is 9.23. The van der Waals surface area contributed by atoms with Gasteiger partial charge in [0.2, 0.25) is 0 Å². The second kappa shape index (κ2) is 6.82. The number of ether oxygens (including phenoxy) is 1. The summed E-state index contributed by atoms with van der Waals surface area (Å²) in [5, 5.41) is 0. The minimum absolute atomic E-state index is 0.0751. The van der Waals surface area contributed by atoms with Crippen molar-refractivity contribution in [1.82, 2.24) is 0 Å². The molecule has 0 aliphatic carbocycles. The van der Waals surface area contributed by atoms with E-state index in [9.17, 15) is 4.79 Å². The van der Waals surface area contributed by atoms with Crippen LogP contribution in [0.25, 0.3) is 0 Å². The zero-order valence-electron chi connectivity index (χ0n) is 9.80. The van der Waals surface area contributed by atoms with Gasteiger partial charge in [-0.1, -0.05) is 31.4 Å². The molecule has 0 saturated carbocycles. The lowest BCUT2D eigenvalue weighted by Crippen LogP contribution is -2.15. The molecule has 0 aliphatic heterocycles. The Morgan fingerprint density at radius 1 is 1.36 bits per heavy atom. The van der Waals surface area contributed by atoms with E-state index in [0.29, 0.717) is 13.0 Å². The fourth-order valence-electron chi connectivity index (χ4n) is 1.03. The molecule has 2 nitrogen and oxygen atoms in total. The van der Waals surface area contributed by atoms with Gasteiger partial charge >= 0.3 is 5.97 Å². The van der Waals surface area contributed by atoms with Crippen molar-refractivity contribution in [3.63, 3.8) is 0 Å². The average molecular weight is 214 g/mol. The first-order chi connectivity index (χ1) is 6.45. The number of rotatable bonds is 6. The fraction of sp³-hybridized carbons (Fsp3) is 0.727. The molecule has 0 radical (unpaired) electrons. The lowest BCUT2D eigenvalue weighted by Gasteiger charge is -2.07. The average Bonchev–Trinajstić information content (AvgIpc) is 2.02. The Morgan fingerprint density at radius 2 is 2.00 bits per heavy atom. The summed E-state index contributed by atoms with van der Waals surface area (Å²) >= 11 is 0. The molecule has 0 aromatic rings. The molecule has 14 heavy (non-hydrogen) atoms. The van der Waals surface area contributed by atoms with Crippen molar-refractivity contribution in [2.45, 2.75) is 45.8 Å². The van der Waals surface area contributed by atoms with E-state index >= 15 is 0 Å². The van der Waals surface area contributed by atoms with Crippen LogP contribution in [0.1, 0.15) is 26.2 Å². The van der Waals surface area contributed by atoms with Crippen molar-refractivity contribution in [3.05, 3.63) is 11.8 Å². The number of hydrogen-bond acceptors (Lipinski definition) is 2. The Hall–Kier alpha value is -0.573. The molecule has 0 atom stereocenters. The SMILES string of the molecule is CCOC(=O)CCC/C=C/[Si](C)(C)C. The molecule has 0 bridgehead atoms.